The van der Waals surface area contributed by atoms with Crippen molar-refractivity contribution < 1.29 is 14.1 Å². The van der Waals surface area contributed by atoms with Crippen LogP contribution in [-0.4, -0.2) is 37.5 Å². The Morgan fingerprint density at radius 2 is 1.61 bits per heavy atom. The minimum atomic E-state index is -0.166. The largest absolute Gasteiger partial charge is 0.497 e. The van der Waals surface area contributed by atoms with Crippen LogP contribution in [0.4, 0.5) is 11.4 Å². The van der Waals surface area contributed by atoms with E-state index in [1.807, 2.05) is 49.9 Å². The Balaban J connectivity index is 2.05. The van der Waals surface area contributed by atoms with Gasteiger partial charge in [0, 0.05) is 18.2 Å². The van der Waals surface area contributed by atoms with Gasteiger partial charge in [-0.1, -0.05) is 6.07 Å². The van der Waals surface area contributed by atoms with Crippen LogP contribution in [0.5, 0.6) is 5.75 Å². The molecule has 1 amide bonds. The zero-order valence-electron chi connectivity index (χ0n) is 13.9. The van der Waals surface area contributed by atoms with E-state index in [-0.39, 0.29) is 5.91 Å². The third-order valence-corrected chi connectivity index (χ3v) is 3.47. The van der Waals surface area contributed by atoms with Gasteiger partial charge in [0.05, 0.1) is 21.2 Å². The number of nitrogens with one attached hydrogen (secondary N) is 2. The van der Waals surface area contributed by atoms with Crippen molar-refractivity contribution in [1.82, 2.24) is 0 Å². The van der Waals surface area contributed by atoms with Gasteiger partial charge in [-0.2, -0.15) is 0 Å². The Morgan fingerprint density at radius 1 is 1.00 bits per heavy atom. The molecule has 120 valence electrons. The summed E-state index contributed by atoms with van der Waals surface area (Å²) in [6, 6.07) is 14.6. The number of benzene rings is 2. The second kappa shape index (κ2) is 7.45. The second-order valence-electron chi connectivity index (χ2n) is 5.37. The van der Waals surface area contributed by atoms with Crippen LogP contribution in [-0.2, 0) is 0 Å². The summed E-state index contributed by atoms with van der Waals surface area (Å²) in [5, 5.41) is 6.16. The Labute approximate surface area is 136 Å². The smallest absolute Gasteiger partial charge is 0.255 e. The van der Waals surface area contributed by atoms with Crippen molar-refractivity contribution in [1.29, 1.82) is 0 Å². The fraction of sp³-hybridized carbons (Fsp3) is 0.222. The van der Waals surface area contributed by atoms with E-state index in [1.165, 1.54) is 0 Å². The molecule has 5 nitrogen and oxygen atoms in total. The molecule has 2 rings (SSSR count). The zero-order valence-corrected chi connectivity index (χ0v) is 13.9. The highest BCUT2D eigenvalue weighted by molar-refractivity contribution is 6.04. The van der Waals surface area contributed by atoms with Crippen LogP contribution in [0.1, 0.15) is 17.3 Å². The number of amidine groups is 1. The van der Waals surface area contributed by atoms with E-state index in [1.54, 1.807) is 31.4 Å². The summed E-state index contributed by atoms with van der Waals surface area (Å²) in [4.78, 5) is 12.2. The van der Waals surface area contributed by atoms with Gasteiger partial charge in [0.2, 0.25) is 5.84 Å². The maximum atomic E-state index is 12.2. The number of carbonyl (C=O) groups is 1. The summed E-state index contributed by atoms with van der Waals surface area (Å²) < 4.78 is 7.13. The lowest BCUT2D eigenvalue weighted by Crippen LogP contribution is -2.18. The highest BCUT2D eigenvalue weighted by atomic mass is 16.5. The van der Waals surface area contributed by atoms with Gasteiger partial charge < -0.3 is 10.1 Å². The van der Waals surface area contributed by atoms with E-state index in [0.717, 1.165) is 17.2 Å². The van der Waals surface area contributed by atoms with E-state index in [4.69, 9.17) is 4.74 Å². The van der Waals surface area contributed by atoms with Crippen LogP contribution in [0.15, 0.2) is 48.5 Å². The molecular weight excluding hydrogens is 290 g/mol. The number of anilines is 2. The molecule has 0 heterocycles. The summed E-state index contributed by atoms with van der Waals surface area (Å²) in [6.45, 7) is 2.00. The lowest BCUT2D eigenvalue weighted by molar-refractivity contribution is -0.464. The standard InChI is InChI=1S/C18H21N3O2/c1-13(21(2)3)19-15-8-10-16(11-9-15)20-18(22)14-6-5-7-17(12-14)23-4/h5-12H,1-4H3,(H,20,22)/p+1. The average molecular weight is 312 g/mol. The summed E-state index contributed by atoms with van der Waals surface area (Å²) in [5.74, 6) is 1.53. The van der Waals surface area contributed by atoms with Gasteiger partial charge in [0.15, 0.2) is 0 Å². The number of nitrogens with zero attached hydrogens (tertiary/aromatic N) is 1. The molecule has 2 aromatic carbocycles. The van der Waals surface area contributed by atoms with Crippen molar-refractivity contribution in [3.8, 4) is 5.75 Å². The highest BCUT2D eigenvalue weighted by Gasteiger charge is 2.08. The summed E-state index contributed by atoms with van der Waals surface area (Å²) in [5.41, 5.74) is 2.27. The predicted molar refractivity (Wildman–Crippen MR) is 93.8 cm³/mol. The molecule has 0 fully saturated rings. The molecule has 0 aliphatic rings. The molecule has 0 aliphatic heterocycles. The normalized spacial score (nSPS) is 9.91. The van der Waals surface area contributed by atoms with E-state index in [2.05, 4.69) is 10.6 Å². The number of amides is 1. The van der Waals surface area contributed by atoms with Crippen molar-refractivity contribution in [2.75, 3.05) is 31.8 Å². The molecule has 0 radical (unpaired) electrons. The average Bonchev–Trinajstić information content (AvgIpc) is 2.56. The maximum Gasteiger partial charge on any atom is 0.255 e. The van der Waals surface area contributed by atoms with Gasteiger partial charge in [-0.25, -0.2) is 5.32 Å². The summed E-state index contributed by atoms with van der Waals surface area (Å²) in [6.07, 6.45) is 0. The molecule has 0 aliphatic carbocycles. The summed E-state index contributed by atoms with van der Waals surface area (Å²) in [7, 11) is 5.53. The molecule has 0 unspecified atom stereocenters. The topological polar surface area (TPSA) is 53.4 Å². The van der Waals surface area contributed by atoms with Crippen LogP contribution < -0.4 is 15.4 Å². The quantitative estimate of drug-likeness (QED) is 0.518. The first-order valence-electron chi connectivity index (χ1n) is 7.33. The van der Waals surface area contributed by atoms with Gasteiger partial charge in [-0.15, -0.1) is 0 Å². The Kier molecular flexibility index (Phi) is 5.36. The molecule has 2 N–H and O–H groups in total. The third kappa shape index (κ3) is 4.57. The number of ether oxygens (including phenoxy) is 1. The molecule has 0 saturated heterocycles. The Morgan fingerprint density at radius 3 is 2.17 bits per heavy atom. The van der Waals surface area contributed by atoms with Gasteiger partial charge in [0.25, 0.3) is 5.91 Å². The number of rotatable bonds is 4. The van der Waals surface area contributed by atoms with Crippen LogP contribution in [0.3, 0.4) is 0 Å². The lowest BCUT2D eigenvalue weighted by Gasteiger charge is -2.07. The SMILES string of the molecule is COc1cccc(C(=O)Nc2ccc(NC(C)=[N+](C)C)cc2)c1. The number of carbonyl (C=O) groups excluding carboxylic acids is 1. The fourth-order valence-corrected chi connectivity index (χ4v) is 1.93. The Hall–Kier alpha value is -2.82. The lowest BCUT2D eigenvalue weighted by atomic mass is 10.2. The Bertz CT molecular complexity index is 717. The molecule has 23 heavy (non-hydrogen) atoms. The first kappa shape index (κ1) is 16.5. The first-order valence-corrected chi connectivity index (χ1v) is 7.33. The monoisotopic (exact) mass is 312 g/mol. The molecule has 0 saturated carbocycles. The van der Waals surface area contributed by atoms with E-state index in [0.29, 0.717) is 11.3 Å². The minimum absolute atomic E-state index is 0.166. The zero-order chi connectivity index (χ0) is 16.8. The van der Waals surface area contributed by atoms with Gasteiger partial charge in [-0.3, -0.25) is 9.37 Å². The van der Waals surface area contributed by atoms with Gasteiger partial charge in [0.1, 0.15) is 11.4 Å². The van der Waals surface area contributed by atoms with Crippen LogP contribution >= 0.6 is 0 Å². The van der Waals surface area contributed by atoms with E-state index < -0.39 is 0 Å². The van der Waals surface area contributed by atoms with Crippen molar-refractivity contribution in [2.45, 2.75) is 6.92 Å². The van der Waals surface area contributed by atoms with E-state index in [9.17, 15) is 4.79 Å². The minimum Gasteiger partial charge on any atom is -0.497 e. The van der Waals surface area contributed by atoms with Crippen molar-refractivity contribution in [3.63, 3.8) is 0 Å². The summed E-state index contributed by atoms with van der Waals surface area (Å²) >= 11 is 0. The molecule has 5 heteroatoms. The van der Waals surface area contributed by atoms with Gasteiger partial charge in [-0.05, 0) is 42.5 Å². The second-order valence-corrected chi connectivity index (χ2v) is 5.37. The third-order valence-electron chi connectivity index (χ3n) is 3.47. The molecular formula is C18H22N3O2+. The van der Waals surface area contributed by atoms with Crippen molar-refractivity contribution in [2.24, 2.45) is 0 Å². The van der Waals surface area contributed by atoms with Crippen molar-refractivity contribution >= 4 is 23.1 Å². The molecule has 2 aromatic rings. The molecule has 0 atom stereocenters. The van der Waals surface area contributed by atoms with Gasteiger partial charge >= 0.3 is 0 Å². The fourth-order valence-electron chi connectivity index (χ4n) is 1.93. The van der Waals surface area contributed by atoms with Crippen LogP contribution in [0.2, 0.25) is 0 Å². The highest BCUT2D eigenvalue weighted by Crippen LogP contribution is 2.17. The van der Waals surface area contributed by atoms with Crippen molar-refractivity contribution in [3.05, 3.63) is 54.1 Å². The molecule has 0 bridgehead atoms. The predicted octanol–water partition coefficient (Wildman–Crippen LogP) is 3.05. The van der Waals surface area contributed by atoms with E-state index >= 15 is 0 Å². The number of methoxy groups -OCH3 is 1. The number of hydrogen-bond acceptors (Lipinski definition) is 2. The molecule has 0 aromatic heterocycles. The molecule has 0 spiro atoms. The maximum absolute atomic E-state index is 12.2. The number of hydrogen-bond donors (Lipinski definition) is 2. The van der Waals surface area contributed by atoms with Crippen LogP contribution in [0, 0.1) is 0 Å². The first-order chi connectivity index (χ1) is 11.0. The van der Waals surface area contributed by atoms with Crippen LogP contribution in [0.25, 0.3) is 0 Å².